The van der Waals surface area contributed by atoms with E-state index in [0.29, 0.717) is 17.9 Å². The van der Waals surface area contributed by atoms with E-state index in [2.05, 4.69) is 34.5 Å². The third-order valence-electron chi connectivity index (χ3n) is 4.24. The van der Waals surface area contributed by atoms with Gasteiger partial charge in [0.15, 0.2) is 0 Å². The number of ether oxygens (including phenoxy) is 1. The highest BCUT2D eigenvalue weighted by molar-refractivity contribution is 9.10. The van der Waals surface area contributed by atoms with Crippen LogP contribution in [-0.2, 0) is 0 Å². The second-order valence-corrected chi connectivity index (χ2v) is 7.38. The average Bonchev–Trinajstić information content (AvgIpc) is 2.62. The van der Waals surface area contributed by atoms with Gasteiger partial charge in [0, 0.05) is 22.6 Å². The molecule has 0 aliphatic heterocycles. The summed E-state index contributed by atoms with van der Waals surface area (Å²) in [7, 11) is 2.11. The predicted octanol–water partition coefficient (Wildman–Crippen LogP) is 6.31. The molecule has 0 spiro atoms. The van der Waals surface area contributed by atoms with E-state index in [4.69, 9.17) is 4.74 Å². The van der Waals surface area contributed by atoms with Crippen LogP contribution in [0.1, 0.15) is 25.7 Å². The molecule has 0 bridgehead atoms. The molecular formula is C22H27BrFNO. The average molecular weight is 420 g/mol. The van der Waals surface area contributed by atoms with Crippen molar-refractivity contribution in [2.45, 2.75) is 25.7 Å². The van der Waals surface area contributed by atoms with Crippen LogP contribution in [0.5, 0.6) is 5.75 Å². The minimum atomic E-state index is -0.255. The largest absolute Gasteiger partial charge is 0.493 e. The summed E-state index contributed by atoms with van der Waals surface area (Å²) in [4.78, 5) is 2.26. The molecule has 0 N–H and O–H groups in total. The molecular weight excluding hydrogens is 393 g/mol. The van der Waals surface area contributed by atoms with Gasteiger partial charge in [0.25, 0.3) is 0 Å². The zero-order valence-electron chi connectivity index (χ0n) is 15.4. The summed E-state index contributed by atoms with van der Waals surface area (Å²) in [6.07, 6.45) is 6.40. The molecule has 0 unspecified atom stereocenters. The van der Waals surface area contributed by atoms with E-state index in [-0.39, 0.29) is 5.82 Å². The van der Waals surface area contributed by atoms with Gasteiger partial charge in [-0.25, -0.2) is 4.39 Å². The van der Waals surface area contributed by atoms with E-state index >= 15 is 0 Å². The minimum Gasteiger partial charge on any atom is -0.493 e. The first-order valence-electron chi connectivity index (χ1n) is 9.08. The Kier molecular flexibility index (Phi) is 8.86. The van der Waals surface area contributed by atoms with Crippen LogP contribution in [0.25, 0.3) is 11.1 Å². The Morgan fingerprint density at radius 2 is 1.81 bits per heavy atom. The zero-order chi connectivity index (χ0) is 18.8. The number of benzene rings is 2. The van der Waals surface area contributed by atoms with E-state index < -0.39 is 0 Å². The second-order valence-electron chi connectivity index (χ2n) is 6.46. The maximum absolute atomic E-state index is 14.3. The van der Waals surface area contributed by atoms with Crippen molar-refractivity contribution < 1.29 is 9.13 Å². The number of hydrogen-bond donors (Lipinski definition) is 0. The van der Waals surface area contributed by atoms with E-state index in [9.17, 15) is 4.39 Å². The van der Waals surface area contributed by atoms with Gasteiger partial charge in [-0.15, -0.1) is 6.58 Å². The van der Waals surface area contributed by atoms with Crippen molar-refractivity contribution in [1.82, 2.24) is 4.90 Å². The lowest BCUT2D eigenvalue weighted by Gasteiger charge is -2.13. The first-order valence-corrected chi connectivity index (χ1v) is 9.87. The van der Waals surface area contributed by atoms with Crippen LogP contribution < -0.4 is 4.74 Å². The highest BCUT2D eigenvalue weighted by Gasteiger charge is 2.07. The van der Waals surface area contributed by atoms with Gasteiger partial charge in [-0.2, -0.15) is 0 Å². The van der Waals surface area contributed by atoms with Crippen LogP contribution in [0.4, 0.5) is 4.39 Å². The quantitative estimate of drug-likeness (QED) is 0.312. The SMILES string of the molecule is C=CCN(C)CCCCCCOc1ccc(-c2ccc(Br)cc2)c(F)c1. The Morgan fingerprint density at radius 3 is 2.50 bits per heavy atom. The molecule has 26 heavy (non-hydrogen) atoms. The molecule has 2 nitrogen and oxygen atoms in total. The van der Waals surface area contributed by atoms with Crippen LogP contribution in [0.3, 0.4) is 0 Å². The minimum absolute atomic E-state index is 0.255. The fourth-order valence-electron chi connectivity index (χ4n) is 2.79. The van der Waals surface area contributed by atoms with Crippen molar-refractivity contribution in [1.29, 1.82) is 0 Å². The van der Waals surface area contributed by atoms with Crippen LogP contribution >= 0.6 is 15.9 Å². The fourth-order valence-corrected chi connectivity index (χ4v) is 3.05. The maximum atomic E-state index is 14.3. The molecule has 0 amide bonds. The summed E-state index contributed by atoms with van der Waals surface area (Å²) in [5, 5.41) is 0. The third-order valence-corrected chi connectivity index (χ3v) is 4.77. The molecule has 2 aromatic rings. The van der Waals surface area contributed by atoms with Gasteiger partial charge in [-0.1, -0.05) is 47.0 Å². The van der Waals surface area contributed by atoms with Crippen molar-refractivity contribution in [3.05, 3.63) is 65.4 Å². The lowest BCUT2D eigenvalue weighted by Crippen LogP contribution is -2.19. The molecule has 0 aliphatic rings. The van der Waals surface area contributed by atoms with Gasteiger partial charge in [0.2, 0.25) is 0 Å². The molecule has 0 saturated heterocycles. The Balaban J connectivity index is 1.71. The van der Waals surface area contributed by atoms with Crippen molar-refractivity contribution in [2.75, 3.05) is 26.7 Å². The Labute approximate surface area is 164 Å². The number of nitrogens with zero attached hydrogens (tertiary/aromatic N) is 1. The Morgan fingerprint density at radius 1 is 1.08 bits per heavy atom. The summed E-state index contributed by atoms with van der Waals surface area (Å²) in [5.74, 6) is 0.337. The first-order chi connectivity index (χ1) is 12.6. The third kappa shape index (κ3) is 6.93. The van der Waals surface area contributed by atoms with E-state index in [1.54, 1.807) is 6.07 Å². The molecule has 2 aromatic carbocycles. The lowest BCUT2D eigenvalue weighted by molar-refractivity contribution is 0.299. The molecule has 0 aliphatic carbocycles. The molecule has 0 aromatic heterocycles. The summed E-state index contributed by atoms with van der Waals surface area (Å²) < 4.78 is 21.0. The highest BCUT2D eigenvalue weighted by Crippen LogP contribution is 2.27. The second kappa shape index (κ2) is 11.1. The molecule has 140 valence electrons. The van der Waals surface area contributed by atoms with Gasteiger partial charge < -0.3 is 9.64 Å². The lowest BCUT2D eigenvalue weighted by atomic mass is 10.1. The van der Waals surface area contributed by atoms with Crippen LogP contribution in [0.2, 0.25) is 0 Å². The van der Waals surface area contributed by atoms with E-state index in [0.717, 1.165) is 36.0 Å². The molecule has 0 atom stereocenters. The number of rotatable bonds is 11. The highest BCUT2D eigenvalue weighted by atomic mass is 79.9. The number of hydrogen-bond acceptors (Lipinski definition) is 2. The smallest absolute Gasteiger partial charge is 0.134 e. The van der Waals surface area contributed by atoms with Gasteiger partial charge in [0.05, 0.1) is 6.61 Å². The molecule has 0 fully saturated rings. The predicted molar refractivity (Wildman–Crippen MR) is 111 cm³/mol. The van der Waals surface area contributed by atoms with Crippen LogP contribution in [0.15, 0.2) is 59.6 Å². The Bertz CT molecular complexity index is 687. The van der Waals surface area contributed by atoms with Gasteiger partial charge >= 0.3 is 0 Å². The Hall–Kier alpha value is -1.65. The fraction of sp³-hybridized carbons (Fsp3) is 0.364. The van der Waals surface area contributed by atoms with Crippen molar-refractivity contribution in [2.24, 2.45) is 0 Å². The molecule has 4 heteroatoms. The van der Waals surface area contributed by atoms with Crippen LogP contribution in [0, 0.1) is 5.82 Å². The first kappa shape index (κ1) is 20.7. The summed E-state index contributed by atoms with van der Waals surface area (Å²) in [6.45, 7) is 6.40. The van der Waals surface area contributed by atoms with Crippen LogP contribution in [-0.4, -0.2) is 31.6 Å². The standard InChI is InChI=1S/C22H27BrFNO/c1-3-14-25(2)15-6-4-5-7-16-26-20-12-13-21(22(24)17-20)18-8-10-19(23)11-9-18/h3,8-13,17H,1,4-7,14-16H2,2H3. The molecule has 0 radical (unpaired) electrons. The molecule has 2 rings (SSSR count). The van der Waals surface area contributed by atoms with Crippen molar-refractivity contribution >= 4 is 15.9 Å². The van der Waals surface area contributed by atoms with Gasteiger partial charge in [0.1, 0.15) is 11.6 Å². The maximum Gasteiger partial charge on any atom is 0.134 e. The van der Waals surface area contributed by atoms with Crippen molar-refractivity contribution in [3.8, 4) is 16.9 Å². The van der Waals surface area contributed by atoms with Gasteiger partial charge in [-0.05, 0) is 56.3 Å². The monoisotopic (exact) mass is 419 g/mol. The van der Waals surface area contributed by atoms with E-state index in [1.807, 2.05) is 36.4 Å². The van der Waals surface area contributed by atoms with Crippen molar-refractivity contribution in [3.63, 3.8) is 0 Å². The molecule has 0 heterocycles. The summed E-state index contributed by atoms with van der Waals surface area (Å²) in [6, 6.07) is 12.7. The van der Waals surface area contributed by atoms with Gasteiger partial charge in [-0.3, -0.25) is 0 Å². The number of halogens is 2. The molecule has 0 saturated carbocycles. The zero-order valence-corrected chi connectivity index (χ0v) is 17.0. The number of likely N-dealkylation sites (N-methyl/N-ethyl adjacent to an activating group) is 1. The number of unbranched alkanes of at least 4 members (excludes halogenated alkanes) is 3. The normalized spacial score (nSPS) is 10.9. The van der Waals surface area contributed by atoms with E-state index in [1.165, 1.54) is 18.9 Å². The summed E-state index contributed by atoms with van der Waals surface area (Å²) >= 11 is 3.39. The topological polar surface area (TPSA) is 12.5 Å². The summed E-state index contributed by atoms with van der Waals surface area (Å²) in [5.41, 5.74) is 1.45.